The summed E-state index contributed by atoms with van der Waals surface area (Å²) in [5.74, 6) is -0.409. The topological polar surface area (TPSA) is 58.6 Å². The van der Waals surface area contributed by atoms with Gasteiger partial charge in [0.25, 0.3) is 0 Å². The number of amides is 2. The quantitative estimate of drug-likeness (QED) is 0.882. The Bertz CT molecular complexity index is 518. The van der Waals surface area contributed by atoms with E-state index in [1.165, 1.54) is 0 Å². The first-order valence-electron chi connectivity index (χ1n) is 6.86. The molecule has 1 aromatic carbocycles. The molecule has 0 bridgehead atoms. The van der Waals surface area contributed by atoms with Crippen LogP contribution in [0.25, 0.3) is 0 Å². The third-order valence-electron chi connectivity index (χ3n) is 3.58. The first-order valence-corrected chi connectivity index (χ1v) is 7.65. The summed E-state index contributed by atoms with van der Waals surface area (Å²) in [5, 5.41) is 2.85. The Kier molecular flexibility index (Phi) is 5.36. The fourth-order valence-electron chi connectivity index (χ4n) is 2.44. The molecule has 1 aliphatic rings. The predicted octanol–water partition coefficient (Wildman–Crippen LogP) is 2.27. The maximum absolute atomic E-state index is 12.2. The molecule has 1 aromatic rings. The van der Waals surface area contributed by atoms with Crippen molar-refractivity contribution in [3.8, 4) is 0 Å². The van der Waals surface area contributed by atoms with Crippen LogP contribution in [0.4, 0.5) is 5.69 Å². The van der Waals surface area contributed by atoms with Gasteiger partial charge in [0, 0.05) is 30.2 Å². The van der Waals surface area contributed by atoms with E-state index in [0.717, 1.165) is 10.2 Å². The number of nitrogens with zero attached hydrogens (tertiary/aromatic N) is 1. The molecule has 0 aliphatic carbocycles. The lowest BCUT2D eigenvalue weighted by Gasteiger charge is -2.23. The van der Waals surface area contributed by atoms with Crippen molar-refractivity contribution in [2.24, 2.45) is 5.92 Å². The van der Waals surface area contributed by atoms with E-state index >= 15 is 0 Å². The van der Waals surface area contributed by atoms with Gasteiger partial charge in [0.2, 0.25) is 11.8 Å². The summed E-state index contributed by atoms with van der Waals surface area (Å²) in [6.45, 7) is 2.86. The summed E-state index contributed by atoms with van der Waals surface area (Å²) in [6.07, 6.45) is 0.260. The molecule has 1 fully saturated rings. The predicted molar refractivity (Wildman–Crippen MR) is 83.9 cm³/mol. The van der Waals surface area contributed by atoms with E-state index in [9.17, 15) is 9.59 Å². The zero-order chi connectivity index (χ0) is 15.4. The first kappa shape index (κ1) is 16.0. The average Bonchev–Trinajstić information content (AvgIpc) is 2.84. The number of carbonyl (C=O) groups is 2. The number of rotatable bonds is 5. The van der Waals surface area contributed by atoms with E-state index in [1.807, 2.05) is 31.2 Å². The summed E-state index contributed by atoms with van der Waals surface area (Å²) in [7, 11) is 1.61. The molecule has 5 nitrogen and oxygen atoms in total. The second kappa shape index (κ2) is 7.04. The lowest BCUT2D eigenvalue weighted by atomic mass is 10.1. The molecule has 114 valence electrons. The second-order valence-electron chi connectivity index (χ2n) is 5.25. The van der Waals surface area contributed by atoms with Crippen LogP contribution >= 0.6 is 15.9 Å². The number of hydrogen-bond donors (Lipinski definition) is 1. The minimum atomic E-state index is -0.305. The normalized spacial score (nSPS) is 19.7. The van der Waals surface area contributed by atoms with Crippen LogP contribution in [0.5, 0.6) is 0 Å². The highest BCUT2D eigenvalue weighted by Crippen LogP contribution is 2.22. The number of hydrogen-bond acceptors (Lipinski definition) is 3. The molecule has 0 radical (unpaired) electrons. The molecular weight excluding hydrogens is 336 g/mol. The molecule has 0 unspecified atom stereocenters. The Morgan fingerprint density at radius 1 is 1.48 bits per heavy atom. The van der Waals surface area contributed by atoms with E-state index < -0.39 is 0 Å². The minimum Gasteiger partial charge on any atom is -0.383 e. The average molecular weight is 355 g/mol. The van der Waals surface area contributed by atoms with Crippen molar-refractivity contribution in [3.63, 3.8) is 0 Å². The number of likely N-dealkylation sites (tertiary alicyclic amines) is 1. The Hall–Kier alpha value is -1.40. The summed E-state index contributed by atoms with van der Waals surface area (Å²) >= 11 is 3.35. The third kappa shape index (κ3) is 4.04. The molecule has 6 heteroatoms. The minimum absolute atomic E-state index is 0.00650. The number of methoxy groups -OCH3 is 1. The number of anilines is 1. The molecule has 1 heterocycles. The largest absolute Gasteiger partial charge is 0.383 e. The molecule has 1 N–H and O–H groups in total. The van der Waals surface area contributed by atoms with Crippen LogP contribution in [0.1, 0.15) is 13.3 Å². The van der Waals surface area contributed by atoms with Crippen LogP contribution in [0.3, 0.4) is 0 Å². The molecule has 21 heavy (non-hydrogen) atoms. The molecule has 1 saturated heterocycles. The van der Waals surface area contributed by atoms with Gasteiger partial charge in [0.1, 0.15) is 0 Å². The van der Waals surface area contributed by atoms with Crippen molar-refractivity contribution in [3.05, 3.63) is 28.7 Å². The maximum Gasteiger partial charge on any atom is 0.229 e. The maximum atomic E-state index is 12.2. The third-order valence-corrected chi connectivity index (χ3v) is 4.11. The van der Waals surface area contributed by atoms with Gasteiger partial charge in [-0.15, -0.1) is 0 Å². The van der Waals surface area contributed by atoms with Gasteiger partial charge in [-0.1, -0.05) is 15.9 Å². The van der Waals surface area contributed by atoms with Crippen LogP contribution in [0.2, 0.25) is 0 Å². The van der Waals surface area contributed by atoms with Crippen LogP contribution in [0.15, 0.2) is 28.7 Å². The van der Waals surface area contributed by atoms with Gasteiger partial charge < -0.3 is 15.0 Å². The van der Waals surface area contributed by atoms with Crippen molar-refractivity contribution in [2.75, 3.05) is 25.6 Å². The van der Waals surface area contributed by atoms with Gasteiger partial charge in [0.05, 0.1) is 18.6 Å². The monoisotopic (exact) mass is 354 g/mol. The number of halogens is 1. The standard InChI is InChI=1S/C15H19BrN2O3/c1-10(9-21-2)18-8-11(7-14(18)19)15(20)17-13-5-3-12(16)4-6-13/h3-6,10-11H,7-9H2,1-2H3,(H,17,20)/t10-,11+/m0/s1. The number of ether oxygens (including phenoxy) is 1. The van der Waals surface area contributed by atoms with E-state index in [-0.39, 0.29) is 30.2 Å². The molecule has 0 aromatic heterocycles. The molecule has 1 aliphatic heterocycles. The van der Waals surface area contributed by atoms with Crippen LogP contribution in [-0.2, 0) is 14.3 Å². The first-order chi connectivity index (χ1) is 10.0. The number of benzene rings is 1. The van der Waals surface area contributed by atoms with E-state index in [1.54, 1.807) is 12.0 Å². The van der Waals surface area contributed by atoms with Gasteiger partial charge in [-0.3, -0.25) is 9.59 Å². The van der Waals surface area contributed by atoms with Crippen molar-refractivity contribution >= 4 is 33.4 Å². The summed E-state index contributed by atoms with van der Waals surface area (Å²) in [6, 6.07) is 7.37. The summed E-state index contributed by atoms with van der Waals surface area (Å²) in [5.41, 5.74) is 0.735. The smallest absolute Gasteiger partial charge is 0.229 e. The zero-order valence-electron chi connectivity index (χ0n) is 12.1. The Balaban J connectivity index is 1.95. The SMILES string of the molecule is COC[C@H](C)N1C[C@H](C(=O)Nc2ccc(Br)cc2)CC1=O. The van der Waals surface area contributed by atoms with Crippen molar-refractivity contribution < 1.29 is 14.3 Å². The molecule has 0 spiro atoms. The second-order valence-corrected chi connectivity index (χ2v) is 6.16. The fourth-order valence-corrected chi connectivity index (χ4v) is 2.71. The van der Waals surface area contributed by atoms with Crippen molar-refractivity contribution in [1.82, 2.24) is 4.90 Å². The van der Waals surface area contributed by atoms with Gasteiger partial charge in [-0.25, -0.2) is 0 Å². The highest BCUT2D eigenvalue weighted by molar-refractivity contribution is 9.10. The van der Waals surface area contributed by atoms with E-state index in [4.69, 9.17) is 4.74 Å². The van der Waals surface area contributed by atoms with Crippen molar-refractivity contribution in [2.45, 2.75) is 19.4 Å². The summed E-state index contributed by atoms with van der Waals surface area (Å²) < 4.78 is 6.02. The van der Waals surface area contributed by atoms with Gasteiger partial charge >= 0.3 is 0 Å². The van der Waals surface area contributed by atoms with Gasteiger partial charge in [-0.2, -0.15) is 0 Å². The molecular formula is C15H19BrN2O3. The lowest BCUT2D eigenvalue weighted by molar-refractivity contribution is -0.130. The molecule has 2 atom stereocenters. The van der Waals surface area contributed by atoms with E-state index in [0.29, 0.717) is 13.2 Å². The van der Waals surface area contributed by atoms with Crippen molar-refractivity contribution in [1.29, 1.82) is 0 Å². The van der Waals surface area contributed by atoms with Crippen LogP contribution in [-0.4, -0.2) is 43.0 Å². The summed E-state index contributed by atoms with van der Waals surface area (Å²) in [4.78, 5) is 25.9. The van der Waals surface area contributed by atoms with Crippen LogP contribution < -0.4 is 5.32 Å². The number of nitrogens with one attached hydrogen (secondary N) is 1. The fraction of sp³-hybridized carbons (Fsp3) is 0.467. The number of carbonyl (C=O) groups excluding carboxylic acids is 2. The molecule has 2 amide bonds. The lowest BCUT2D eigenvalue weighted by Crippen LogP contribution is -2.38. The van der Waals surface area contributed by atoms with E-state index in [2.05, 4.69) is 21.2 Å². The van der Waals surface area contributed by atoms with Gasteiger partial charge in [-0.05, 0) is 31.2 Å². The highest BCUT2D eigenvalue weighted by atomic mass is 79.9. The Labute approximate surface area is 132 Å². The Morgan fingerprint density at radius 2 is 2.14 bits per heavy atom. The highest BCUT2D eigenvalue weighted by Gasteiger charge is 2.36. The molecule has 0 saturated carbocycles. The van der Waals surface area contributed by atoms with Crippen LogP contribution in [0, 0.1) is 5.92 Å². The Morgan fingerprint density at radius 3 is 2.76 bits per heavy atom. The van der Waals surface area contributed by atoms with Gasteiger partial charge in [0.15, 0.2) is 0 Å². The zero-order valence-corrected chi connectivity index (χ0v) is 13.7. The molecule has 2 rings (SSSR count).